The van der Waals surface area contributed by atoms with E-state index in [1.54, 1.807) is 0 Å². The molecule has 0 fully saturated rings. The molecule has 7 heavy (non-hydrogen) atoms. The third-order valence-electron chi connectivity index (χ3n) is 0. The zero-order chi connectivity index (χ0) is 6.00. The van der Waals surface area contributed by atoms with Gasteiger partial charge in [0.1, 0.15) is 0 Å². The van der Waals surface area contributed by atoms with Gasteiger partial charge in [-0.15, -0.1) is 0 Å². The van der Waals surface area contributed by atoms with Crippen molar-refractivity contribution in [3.8, 4) is 0 Å². The van der Waals surface area contributed by atoms with E-state index in [0.717, 1.165) is 21.3 Å². The van der Waals surface area contributed by atoms with Crippen molar-refractivity contribution in [2.24, 2.45) is 0 Å². The second-order valence-corrected chi connectivity index (χ2v) is 0. The maximum absolute atomic E-state index is 8.25. The molecule has 3 nitrogen and oxygen atoms in total. The average molecular weight is 121 g/mol. The van der Waals surface area contributed by atoms with Crippen LogP contribution in [0.15, 0.2) is 0 Å². The van der Waals surface area contributed by atoms with Crippen molar-refractivity contribution in [1.82, 2.24) is 0 Å². The minimum Gasteiger partial charge on any atom is -0.857 e. The Bertz CT molecular complexity index is 10.1. The largest absolute Gasteiger partial charge is 3.00 e. The Hall–Kier alpha value is 0.0969. The molecule has 0 aromatic rings. The summed E-state index contributed by atoms with van der Waals surface area (Å²) in [4.78, 5) is 0. The normalized spacial score (nSPS) is 2.57. The van der Waals surface area contributed by atoms with Gasteiger partial charge < -0.3 is 15.3 Å². The summed E-state index contributed by atoms with van der Waals surface area (Å²) in [5.41, 5.74) is 0. The summed E-state index contributed by atoms with van der Waals surface area (Å²) >= 11 is 0. The fraction of sp³-hybridized carbons (Fsp3) is 1.00. The van der Waals surface area contributed by atoms with Crippen molar-refractivity contribution in [3.63, 3.8) is 0 Å². The molecule has 0 aliphatic carbocycles. The van der Waals surface area contributed by atoms with Gasteiger partial charge in [0.2, 0.25) is 0 Å². The van der Waals surface area contributed by atoms with Gasteiger partial charge in [0.05, 0.1) is 0 Å². The molecule has 0 aliphatic heterocycles. The van der Waals surface area contributed by atoms with Crippen molar-refractivity contribution in [2.45, 2.75) is 0 Å². The van der Waals surface area contributed by atoms with Crippen LogP contribution >= 0.6 is 0 Å². The van der Waals surface area contributed by atoms with Gasteiger partial charge in [-0.3, -0.25) is 0 Å². The molecule has 0 saturated heterocycles. The number of hydrogen-bond donors (Lipinski definition) is 0. The summed E-state index contributed by atoms with van der Waals surface area (Å²) in [6.45, 7) is 0. The molecule has 0 saturated carbocycles. The molecule has 0 atom stereocenters. The van der Waals surface area contributed by atoms with Crippen LogP contribution in [0.1, 0.15) is 0 Å². The molecule has 0 rings (SSSR count). The van der Waals surface area contributed by atoms with Crippen molar-refractivity contribution in [3.05, 3.63) is 0 Å². The average Bonchev–Trinajstić information content (AvgIpc) is 1.81. The van der Waals surface area contributed by atoms with Crippen molar-refractivity contribution in [2.75, 3.05) is 21.3 Å². The van der Waals surface area contributed by atoms with Crippen LogP contribution < -0.4 is 15.3 Å². The molecule has 43 valence electrons. The van der Waals surface area contributed by atoms with Crippen LogP contribution in [-0.2, 0) is 0 Å². The first-order valence-corrected chi connectivity index (χ1v) is 1.22. The van der Waals surface area contributed by atoms with Crippen LogP contribution in [-0.4, -0.2) is 32.3 Å². The Morgan fingerprint density at radius 2 is 0.571 bits per heavy atom. The summed E-state index contributed by atoms with van der Waals surface area (Å²) in [7, 11) is 2.25. The number of hydrogen-bond acceptors (Lipinski definition) is 3. The number of rotatable bonds is 0. The first-order chi connectivity index (χ1) is 3.00. The molecule has 0 aromatic heterocycles. The van der Waals surface area contributed by atoms with E-state index in [2.05, 4.69) is 0 Å². The second-order valence-electron chi connectivity index (χ2n) is 0. The van der Waals surface area contributed by atoms with Crippen molar-refractivity contribution in [1.29, 1.82) is 0 Å². The van der Waals surface area contributed by atoms with Crippen LogP contribution in [0, 0.1) is 0 Å². The van der Waals surface area contributed by atoms with Gasteiger partial charge in [0, 0.05) is 0 Å². The van der Waals surface area contributed by atoms with Gasteiger partial charge in [0.15, 0.2) is 0 Å². The van der Waals surface area contributed by atoms with E-state index in [-0.39, 0.29) is 11.0 Å². The minimum absolute atomic E-state index is 0. The molecule has 0 spiro atoms. The topological polar surface area (TPSA) is 69.2 Å². The van der Waals surface area contributed by atoms with Gasteiger partial charge in [-0.05, 0) is 0 Å². The van der Waals surface area contributed by atoms with E-state index in [9.17, 15) is 0 Å². The van der Waals surface area contributed by atoms with Gasteiger partial charge >= 0.3 is 11.0 Å². The molecule has 0 bridgehead atoms. The van der Waals surface area contributed by atoms with Crippen LogP contribution in [0.4, 0.5) is 0 Å². The molecule has 1 radical (unpaired) electrons. The molecule has 0 amide bonds. The minimum atomic E-state index is 0. The molecular weight excluding hydrogens is 112 g/mol. The SMILES string of the molecule is C[O-].C[O-].C[O-].[Si+3]. The third kappa shape index (κ3) is 10900. The molecule has 0 N–H and O–H groups in total. The van der Waals surface area contributed by atoms with E-state index in [1.165, 1.54) is 0 Å². The fourth-order valence-corrected chi connectivity index (χ4v) is 0. The monoisotopic (exact) mass is 121 g/mol. The van der Waals surface area contributed by atoms with Crippen LogP contribution in [0.25, 0.3) is 0 Å². The first-order valence-electron chi connectivity index (χ1n) is 1.22. The van der Waals surface area contributed by atoms with E-state index in [1.807, 2.05) is 0 Å². The molecule has 0 unspecified atom stereocenters. The Morgan fingerprint density at radius 3 is 0.571 bits per heavy atom. The van der Waals surface area contributed by atoms with Gasteiger partial charge in [-0.2, -0.15) is 21.3 Å². The first kappa shape index (κ1) is 27.5. The zero-order valence-electron chi connectivity index (χ0n) is 4.72. The van der Waals surface area contributed by atoms with E-state index >= 15 is 0 Å². The predicted molar refractivity (Wildman–Crippen MR) is 23.5 cm³/mol. The van der Waals surface area contributed by atoms with Gasteiger partial charge in [-0.25, -0.2) is 0 Å². The van der Waals surface area contributed by atoms with Crippen LogP contribution in [0.3, 0.4) is 0 Å². The fourth-order valence-electron chi connectivity index (χ4n) is 0. The molecule has 0 aromatic carbocycles. The Labute approximate surface area is 48.6 Å². The van der Waals surface area contributed by atoms with E-state index in [0.29, 0.717) is 0 Å². The summed E-state index contributed by atoms with van der Waals surface area (Å²) in [6, 6.07) is 0. The molecule has 0 aliphatic rings. The van der Waals surface area contributed by atoms with E-state index in [4.69, 9.17) is 15.3 Å². The van der Waals surface area contributed by atoms with Gasteiger partial charge in [0.25, 0.3) is 0 Å². The second kappa shape index (κ2) is 16900. The van der Waals surface area contributed by atoms with E-state index < -0.39 is 0 Å². The summed E-state index contributed by atoms with van der Waals surface area (Å²) < 4.78 is 0. The van der Waals surface area contributed by atoms with Crippen molar-refractivity contribution < 1.29 is 15.3 Å². The summed E-state index contributed by atoms with van der Waals surface area (Å²) in [6.07, 6.45) is 0. The Kier molecular flexibility index (Phi) is 66300. The predicted octanol–water partition coefficient (Wildman–Crippen LogP) is -3.45. The molecule has 4 heteroatoms. The van der Waals surface area contributed by atoms with Crippen molar-refractivity contribution >= 4 is 11.0 Å². The van der Waals surface area contributed by atoms with Crippen LogP contribution in [0.2, 0.25) is 0 Å². The summed E-state index contributed by atoms with van der Waals surface area (Å²) in [5.74, 6) is 0. The summed E-state index contributed by atoms with van der Waals surface area (Å²) in [5, 5.41) is 24.8. The zero-order valence-corrected chi connectivity index (χ0v) is 5.72. The van der Waals surface area contributed by atoms with Crippen LogP contribution in [0.5, 0.6) is 0 Å². The van der Waals surface area contributed by atoms with Gasteiger partial charge in [-0.1, -0.05) is 0 Å². The Morgan fingerprint density at radius 1 is 0.571 bits per heavy atom. The quantitative estimate of drug-likeness (QED) is 0.313. The Balaban J connectivity index is -0.00000000900. The molecular formula is C3H9O3Si. The third-order valence-corrected chi connectivity index (χ3v) is 0. The standard InChI is InChI=1S/3CH3O.Si/c3*1-2;/h3*1H3;/q3*-1;+3. The maximum Gasteiger partial charge on any atom is 3.00 e. The molecule has 0 heterocycles. The maximum atomic E-state index is 8.25. The smallest absolute Gasteiger partial charge is 0.857 e.